The molecule has 0 aliphatic rings. The summed E-state index contributed by atoms with van der Waals surface area (Å²) < 4.78 is 32.9. The maximum atomic E-state index is 12.1. The average Bonchev–Trinajstić information content (AvgIpc) is 2.43. The Labute approximate surface area is 124 Å². The summed E-state index contributed by atoms with van der Waals surface area (Å²) in [5.41, 5.74) is 0.755. The molecule has 0 saturated heterocycles. The minimum absolute atomic E-state index is 0.123. The predicted molar refractivity (Wildman–Crippen MR) is 77.3 cm³/mol. The summed E-state index contributed by atoms with van der Waals surface area (Å²) in [4.78, 5) is 11.9. The van der Waals surface area contributed by atoms with Crippen molar-refractivity contribution in [2.24, 2.45) is 5.14 Å². The molecule has 1 aromatic carbocycles. The summed E-state index contributed by atoms with van der Waals surface area (Å²) in [5, 5.41) is 7.77. The highest BCUT2D eigenvalue weighted by Crippen LogP contribution is 2.15. The highest BCUT2D eigenvalue weighted by atomic mass is 32.2. The predicted octanol–water partition coefficient (Wildman–Crippen LogP) is 0.245. The summed E-state index contributed by atoms with van der Waals surface area (Å²) in [5.74, 6) is -0.401. The normalized spacial score (nSPS) is 13.0. The van der Waals surface area contributed by atoms with E-state index < -0.39 is 15.9 Å². The molecule has 0 heterocycles. The van der Waals surface area contributed by atoms with Crippen molar-refractivity contribution < 1.29 is 22.7 Å². The zero-order valence-corrected chi connectivity index (χ0v) is 13.1. The number of hydrogen-bond donors (Lipinski definition) is 2. The number of methoxy groups -OCH3 is 2. The number of ether oxygens (including phenoxy) is 2. The van der Waals surface area contributed by atoms with E-state index in [1.54, 1.807) is 13.0 Å². The molecule has 0 aromatic heterocycles. The molecule has 118 valence electrons. The van der Waals surface area contributed by atoms with Crippen LogP contribution in [0, 0.1) is 0 Å². The lowest BCUT2D eigenvalue weighted by atomic mass is 10.1. The lowest BCUT2D eigenvalue weighted by Crippen LogP contribution is -2.31. The van der Waals surface area contributed by atoms with Gasteiger partial charge in [0.15, 0.2) is 0 Å². The maximum Gasteiger partial charge on any atom is 0.251 e. The molecular formula is C13H20N2O5S. The fourth-order valence-corrected chi connectivity index (χ4v) is 2.23. The van der Waals surface area contributed by atoms with Crippen molar-refractivity contribution in [2.75, 3.05) is 20.8 Å². The van der Waals surface area contributed by atoms with Gasteiger partial charge in [0.25, 0.3) is 5.91 Å². The quantitative estimate of drug-likeness (QED) is 0.749. The molecule has 0 fully saturated rings. The molecule has 0 spiro atoms. The Morgan fingerprint density at radius 2 is 2.00 bits per heavy atom. The van der Waals surface area contributed by atoms with Gasteiger partial charge < -0.3 is 14.8 Å². The largest absolute Gasteiger partial charge is 0.380 e. The molecule has 21 heavy (non-hydrogen) atoms. The van der Waals surface area contributed by atoms with Crippen LogP contribution < -0.4 is 10.5 Å². The van der Waals surface area contributed by atoms with Gasteiger partial charge in [-0.05, 0) is 30.7 Å². The number of nitrogens with one attached hydrogen (secondary N) is 1. The fourth-order valence-electron chi connectivity index (χ4n) is 1.63. The van der Waals surface area contributed by atoms with Crippen LogP contribution in [0.25, 0.3) is 0 Å². The lowest BCUT2D eigenvalue weighted by Gasteiger charge is -2.12. The zero-order valence-electron chi connectivity index (χ0n) is 12.3. The van der Waals surface area contributed by atoms with Gasteiger partial charge in [0, 0.05) is 26.3 Å². The van der Waals surface area contributed by atoms with Gasteiger partial charge in [-0.15, -0.1) is 0 Å². The SMILES string of the molecule is COCc1cc(C(=O)NCC(C)OC)cc(S(N)(=O)=O)c1. The first-order valence-corrected chi connectivity index (χ1v) is 7.79. The van der Waals surface area contributed by atoms with Gasteiger partial charge in [-0.2, -0.15) is 0 Å². The van der Waals surface area contributed by atoms with Crippen LogP contribution in [0.15, 0.2) is 23.1 Å². The molecular weight excluding hydrogens is 296 g/mol. The van der Waals surface area contributed by atoms with Crippen molar-refractivity contribution in [1.82, 2.24) is 5.32 Å². The lowest BCUT2D eigenvalue weighted by molar-refractivity contribution is 0.0870. The highest BCUT2D eigenvalue weighted by Gasteiger charge is 2.15. The van der Waals surface area contributed by atoms with Gasteiger partial charge in [-0.25, -0.2) is 13.6 Å². The Kier molecular flexibility index (Phi) is 6.28. The molecule has 1 unspecified atom stereocenters. The van der Waals surface area contributed by atoms with Crippen LogP contribution in [-0.4, -0.2) is 41.2 Å². The van der Waals surface area contributed by atoms with Gasteiger partial charge in [0.05, 0.1) is 17.6 Å². The molecule has 8 heteroatoms. The smallest absolute Gasteiger partial charge is 0.251 e. The number of nitrogens with two attached hydrogens (primary N) is 1. The van der Waals surface area contributed by atoms with Gasteiger partial charge in [-0.3, -0.25) is 4.79 Å². The standard InChI is InChI=1S/C13H20N2O5S/c1-9(20-3)7-15-13(16)11-4-10(8-19-2)5-12(6-11)21(14,17)18/h4-6,9H,7-8H2,1-3H3,(H,15,16)(H2,14,17,18). The van der Waals surface area contributed by atoms with Gasteiger partial charge in [0.2, 0.25) is 10.0 Å². The van der Waals surface area contributed by atoms with Crippen LogP contribution in [0.4, 0.5) is 0 Å². The minimum atomic E-state index is -3.90. The summed E-state index contributed by atoms with van der Waals surface area (Å²) in [7, 11) is -0.883. The Bertz CT molecular complexity index is 601. The number of amides is 1. The van der Waals surface area contributed by atoms with Crippen LogP contribution in [0.2, 0.25) is 0 Å². The zero-order chi connectivity index (χ0) is 16.0. The first-order chi connectivity index (χ1) is 9.77. The number of benzene rings is 1. The summed E-state index contributed by atoms with van der Waals surface area (Å²) in [6, 6.07) is 4.18. The van der Waals surface area contributed by atoms with E-state index in [1.807, 2.05) is 0 Å². The Morgan fingerprint density at radius 1 is 1.33 bits per heavy atom. The second-order valence-corrected chi connectivity index (χ2v) is 6.16. The van der Waals surface area contributed by atoms with Crippen LogP contribution in [0.3, 0.4) is 0 Å². The number of primary sulfonamides is 1. The third-order valence-electron chi connectivity index (χ3n) is 2.82. The van der Waals surface area contributed by atoms with E-state index in [2.05, 4.69) is 5.32 Å². The van der Waals surface area contributed by atoms with Crippen molar-refractivity contribution in [1.29, 1.82) is 0 Å². The monoisotopic (exact) mass is 316 g/mol. The third kappa shape index (κ3) is 5.43. The van der Waals surface area contributed by atoms with E-state index >= 15 is 0 Å². The molecule has 1 aromatic rings. The number of hydrogen-bond acceptors (Lipinski definition) is 5. The third-order valence-corrected chi connectivity index (χ3v) is 3.71. The molecule has 0 saturated carbocycles. The van der Waals surface area contributed by atoms with Crippen LogP contribution >= 0.6 is 0 Å². The van der Waals surface area contributed by atoms with Crippen molar-refractivity contribution in [3.63, 3.8) is 0 Å². The summed E-state index contributed by atoms with van der Waals surface area (Å²) >= 11 is 0. The molecule has 1 amide bonds. The van der Waals surface area contributed by atoms with E-state index in [0.29, 0.717) is 12.1 Å². The second-order valence-electron chi connectivity index (χ2n) is 4.60. The van der Waals surface area contributed by atoms with Crippen molar-refractivity contribution in [3.05, 3.63) is 29.3 Å². The molecule has 7 nitrogen and oxygen atoms in total. The minimum Gasteiger partial charge on any atom is -0.380 e. The highest BCUT2D eigenvalue weighted by molar-refractivity contribution is 7.89. The molecule has 1 rings (SSSR count). The van der Waals surface area contributed by atoms with E-state index in [0.717, 1.165) is 0 Å². The average molecular weight is 316 g/mol. The Hall–Kier alpha value is -1.48. The number of sulfonamides is 1. The van der Waals surface area contributed by atoms with Gasteiger partial charge >= 0.3 is 0 Å². The number of carbonyl (C=O) groups excluding carboxylic acids is 1. The molecule has 1 atom stereocenters. The van der Waals surface area contributed by atoms with Gasteiger partial charge in [0.1, 0.15) is 0 Å². The maximum absolute atomic E-state index is 12.1. The molecule has 3 N–H and O–H groups in total. The van der Waals surface area contributed by atoms with Crippen molar-refractivity contribution in [3.8, 4) is 0 Å². The Morgan fingerprint density at radius 3 is 2.52 bits per heavy atom. The Balaban J connectivity index is 3.05. The van der Waals surface area contributed by atoms with Crippen LogP contribution in [0.1, 0.15) is 22.8 Å². The summed E-state index contributed by atoms with van der Waals surface area (Å²) in [6.45, 7) is 2.30. The fraction of sp³-hybridized carbons (Fsp3) is 0.462. The summed E-state index contributed by atoms with van der Waals surface area (Å²) in [6.07, 6.45) is -0.145. The van der Waals surface area contributed by atoms with E-state index in [1.165, 1.54) is 26.4 Å². The van der Waals surface area contributed by atoms with Crippen LogP contribution in [0.5, 0.6) is 0 Å². The molecule has 0 aliphatic carbocycles. The number of rotatable bonds is 7. The molecule has 0 aliphatic heterocycles. The number of carbonyl (C=O) groups is 1. The molecule has 0 bridgehead atoms. The molecule has 0 radical (unpaired) electrons. The first-order valence-electron chi connectivity index (χ1n) is 6.24. The topological polar surface area (TPSA) is 108 Å². The van der Waals surface area contributed by atoms with Crippen LogP contribution in [-0.2, 0) is 26.1 Å². The second kappa shape index (κ2) is 7.51. The van der Waals surface area contributed by atoms with E-state index in [4.69, 9.17) is 14.6 Å². The van der Waals surface area contributed by atoms with Gasteiger partial charge in [-0.1, -0.05) is 0 Å². The van der Waals surface area contributed by atoms with Crippen molar-refractivity contribution >= 4 is 15.9 Å². The first kappa shape index (κ1) is 17.6. The van der Waals surface area contributed by atoms with E-state index in [9.17, 15) is 13.2 Å². The van der Waals surface area contributed by atoms with E-state index in [-0.39, 0.29) is 23.2 Å². The van der Waals surface area contributed by atoms with Crippen molar-refractivity contribution in [2.45, 2.75) is 24.5 Å².